The molecule has 0 saturated heterocycles. The monoisotopic (exact) mass is 355 g/mol. The number of carboxylic acid groups (broad SMARTS) is 1. The van der Waals surface area contributed by atoms with Crippen molar-refractivity contribution in [1.82, 2.24) is 0 Å². The topological polar surface area (TPSA) is 89.7 Å². The number of carboxylic acids is 1. The highest BCUT2D eigenvalue weighted by Crippen LogP contribution is 2.32. The van der Waals surface area contributed by atoms with Gasteiger partial charge in [0.2, 0.25) is 0 Å². The van der Waals surface area contributed by atoms with Gasteiger partial charge < -0.3 is 9.84 Å². The van der Waals surface area contributed by atoms with Gasteiger partial charge in [-0.25, -0.2) is 9.18 Å². The Hall–Kier alpha value is -2.48. The van der Waals surface area contributed by atoms with Crippen LogP contribution in [0.1, 0.15) is 10.4 Å². The van der Waals surface area contributed by atoms with Crippen LogP contribution in [0.5, 0.6) is 11.5 Å². The molecule has 0 aliphatic heterocycles. The number of carbonyl (C=O) groups is 1. The molecule has 21 heavy (non-hydrogen) atoms. The van der Waals surface area contributed by atoms with Crippen LogP contribution in [-0.4, -0.2) is 16.0 Å². The standard InChI is InChI=1S/C13H7BrFNO5/c14-10-5-7(15)1-4-12(10)21-8-2-3-11(16(19)20)9(6-8)13(17)18/h1-6H,(H,17,18). The second-order valence-corrected chi connectivity index (χ2v) is 4.77. The highest BCUT2D eigenvalue weighted by atomic mass is 79.9. The molecule has 1 N–H and O–H groups in total. The number of halogens is 2. The molecule has 0 aliphatic rings. The first kappa shape index (κ1) is 14.9. The Morgan fingerprint density at radius 1 is 1.29 bits per heavy atom. The molecule has 0 spiro atoms. The Bertz CT molecular complexity index is 734. The van der Waals surface area contributed by atoms with E-state index in [4.69, 9.17) is 9.84 Å². The first-order valence-corrected chi connectivity index (χ1v) is 6.32. The number of hydrogen-bond acceptors (Lipinski definition) is 4. The van der Waals surface area contributed by atoms with Gasteiger partial charge in [0, 0.05) is 12.1 Å². The summed E-state index contributed by atoms with van der Waals surface area (Å²) in [6.07, 6.45) is 0. The molecule has 8 heteroatoms. The summed E-state index contributed by atoms with van der Waals surface area (Å²) in [5, 5.41) is 19.7. The molecule has 2 rings (SSSR count). The van der Waals surface area contributed by atoms with E-state index in [1.54, 1.807) is 0 Å². The quantitative estimate of drug-likeness (QED) is 0.661. The maximum Gasteiger partial charge on any atom is 0.342 e. The maximum absolute atomic E-state index is 13.0. The molecule has 108 valence electrons. The minimum absolute atomic E-state index is 0.0882. The molecule has 2 aromatic carbocycles. The van der Waals surface area contributed by atoms with Crippen LogP contribution in [0.25, 0.3) is 0 Å². The molecule has 0 fully saturated rings. The number of ether oxygens (including phenoxy) is 1. The zero-order chi connectivity index (χ0) is 15.6. The Labute approximate surface area is 126 Å². The summed E-state index contributed by atoms with van der Waals surface area (Å²) in [5.74, 6) is -1.57. The third-order valence-corrected chi connectivity index (χ3v) is 3.14. The fraction of sp³-hybridized carbons (Fsp3) is 0. The Balaban J connectivity index is 2.39. The molecule has 0 aliphatic carbocycles. The Kier molecular flexibility index (Phi) is 4.18. The van der Waals surface area contributed by atoms with E-state index in [1.165, 1.54) is 24.3 Å². The second-order valence-electron chi connectivity index (χ2n) is 3.92. The minimum Gasteiger partial charge on any atom is -0.477 e. The molecular weight excluding hydrogens is 349 g/mol. The van der Waals surface area contributed by atoms with Crippen LogP contribution in [0.2, 0.25) is 0 Å². The third-order valence-electron chi connectivity index (χ3n) is 2.52. The number of rotatable bonds is 4. The minimum atomic E-state index is -1.44. The van der Waals surface area contributed by atoms with Crippen molar-refractivity contribution >= 4 is 27.6 Å². The average molecular weight is 356 g/mol. The summed E-state index contributed by atoms with van der Waals surface area (Å²) in [6, 6.07) is 7.04. The van der Waals surface area contributed by atoms with Crippen molar-refractivity contribution in [3.8, 4) is 11.5 Å². The lowest BCUT2D eigenvalue weighted by molar-refractivity contribution is -0.385. The fourth-order valence-electron chi connectivity index (χ4n) is 1.59. The van der Waals surface area contributed by atoms with E-state index < -0.39 is 28.0 Å². The van der Waals surface area contributed by atoms with E-state index in [1.807, 2.05) is 0 Å². The van der Waals surface area contributed by atoms with Gasteiger partial charge >= 0.3 is 5.97 Å². The van der Waals surface area contributed by atoms with Crippen LogP contribution >= 0.6 is 15.9 Å². The van der Waals surface area contributed by atoms with Gasteiger partial charge in [0.1, 0.15) is 22.9 Å². The molecule has 0 radical (unpaired) electrons. The normalized spacial score (nSPS) is 10.2. The predicted octanol–water partition coefficient (Wildman–Crippen LogP) is 3.99. The van der Waals surface area contributed by atoms with Crippen LogP contribution < -0.4 is 4.74 Å². The number of benzene rings is 2. The molecule has 0 aromatic heterocycles. The van der Waals surface area contributed by atoms with Crippen molar-refractivity contribution in [2.75, 3.05) is 0 Å². The number of hydrogen-bond donors (Lipinski definition) is 1. The number of nitro benzene ring substituents is 1. The zero-order valence-electron chi connectivity index (χ0n) is 10.2. The lowest BCUT2D eigenvalue weighted by atomic mass is 10.1. The van der Waals surface area contributed by atoms with Crippen molar-refractivity contribution in [1.29, 1.82) is 0 Å². The lowest BCUT2D eigenvalue weighted by Crippen LogP contribution is -2.02. The largest absolute Gasteiger partial charge is 0.477 e. The molecular formula is C13H7BrFNO5. The lowest BCUT2D eigenvalue weighted by Gasteiger charge is -2.08. The van der Waals surface area contributed by atoms with Gasteiger partial charge in [0.15, 0.2) is 0 Å². The van der Waals surface area contributed by atoms with Gasteiger partial charge in [-0.1, -0.05) is 0 Å². The molecule has 0 saturated carbocycles. The van der Waals surface area contributed by atoms with Crippen molar-refractivity contribution < 1.29 is 24.0 Å². The SMILES string of the molecule is O=C(O)c1cc(Oc2ccc(F)cc2Br)ccc1[N+](=O)[O-]. The van der Waals surface area contributed by atoms with Gasteiger partial charge in [0.05, 0.1) is 9.40 Å². The van der Waals surface area contributed by atoms with Crippen molar-refractivity contribution in [3.05, 3.63) is 62.4 Å². The van der Waals surface area contributed by atoms with Crippen LogP contribution in [0.4, 0.5) is 10.1 Å². The smallest absolute Gasteiger partial charge is 0.342 e. The van der Waals surface area contributed by atoms with Gasteiger partial charge in [-0.3, -0.25) is 10.1 Å². The molecule has 2 aromatic rings. The second kappa shape index (κ2) is 5.88. The zero-order valence-corrected chi connectivity index (χ0v) is 11.8. The molecule has 0 unspecified atom stereocenters. The van der Waals surface area contributed by atoms with Crippen LogP contribution in [0.15, 0.2) is 40.9 Å². The van der Waals surface area contributed by atoms with Crippen LogP contribution in [0, 0.1) is 15.9 Å². The summed E-state index contributed by atoms with van der Waals surface area (Å²) < 4.78 is 18.7. The maximum atomic E-state index is 13.0. The predicted molar refractivity (Wildman–Crippen MR) is 74.2 cm³/mol. The number of nitrogens with zero attached hydrogens (tertiary/aromatic N) is 1. The van der Waals surface area contributed by atoms with Gasteiger partial charge in [0.25, 0.3) is 5.69 Å². The Morgan fingerprint density at radius 2 is 2.00 bits per heavy atom. The molecule has 0 heterocycles. The molecule has 0 amide bonds. The molecule has 0 atom stereocenters. The highest BCUT2D eigenvalue weighted by molar-refractivity contribution is 9.10. The van der Waals surface area contributed by atoms with Crippen LogP contribution in [-0.2, 0) is 0 Å². The summed E-state index contributed by atoms with van der Waals surface area (Å²) in [7, 11) is 0. The molecule has 0 bridgehead atoms. The van der Waals surface area contributed by atoms with E-state index >= 15 is 0 Å². The van der Waals surface area contributed by atoms with E-state index in [-0.39, 0.29) is 11.5 Å². The summed E-state index contributed by atoms with van der Waals surface area (Å²) in [6.45, 7) is 0. The highest BCUT2D eigenvalue weighted by Gasteiger charge is 2.20. The van der Waals surface area contributed by atoms with E-state index in [0.717, 1.165) is 12.1 Å². The first-order chi connectivity index (χ1) is 9.88. The fourth-order valence-corrected chi connectivity index (χ4v) is 2.03. The number of nitro groups is 1. The van der Waals surface area contributed by atoms with Gasteiger partial charge in [-0.05, 0) is 40.2 Å². The summed E-state index contributed by atoms with van der Waals surface area (Å²) >= 11 is 3.10. The average Bonchev–Trinajstić information content (AvgIpc) is 2.41. The first-order valence-electron chi connectivity index (χ1n) is 5.53. The number of aromatic carboxylic acids is 1. The Morgan fingerprint density at radius 3 is 2.57 bits per heavy atom. The van der Waals surface area contributed by atoms with E-state index in [2.05, 4.69) is 15.9 Å². The van der Waals surface area contributed by atoms with Crippen molar-refractivity contribution in [2.45, 2.75) is 0 Å². The van der Waals surface area contributed by atoms with Gasteiger partial charge in [-0.2, -0.15) is 0 Å². The van der Waals surface area contributed by atoms with E-state index in [9.17, 15) is 19.3 Å². The summed E-state index contributed by atoms with van der Waals surface area (Å²) in [4.78, 5) is 21.0. The van der Waals surface area contributed by atoms with Crippen molar-refractivity contribution in [3.63, 3.8) is 0 Å². The van der Waals surface area contributed by atoms with Crippen LogP contribution in [0.3, 0.4) is 0 Å². The third kappa shape index (κ3) is 3.34. The molecule has 6 nitrogen and oxygen atoms in total. The summed E-state index contributed by atoms with van der Waals surface area (Å²) in [5.41, 5.74) is -1.02. The van der Waals surface area contributed by atoms with E-state index in [0.29, 0.717) is 4.47 Å². The van der Waals surface area contributed by atoms with Crippen molar-refractivity contribution in [2.24, 2.45) is 0 Å². The van der Waals surface area contributed by atoms with Gasteiger partial charge in [-0.15, -0.1) is 0 Å².